The number of carbonyl (C=O) groups excluding carboxylic acids is 1. The minimum absolute atomic E-state index is 0.276. The molecule has 1 amide bonds. The molecule has 1 aliphatic rings. The number of pyridine rings is 1. The topological polar surface area (TPSA) is 106 Å². The Morgan fingerprint density at radius 3 is 2.44 bits per heavy atom. The van der Waals surface area contributed by atoms with E-state index in [4.69, 9.17) is 4.74 Å². The van der Waals surface area contributed by atoms with Crippen molar-refractivity contribution in [2.45, 2.75) is 31.0 Å². The number of rotatable bonds is 7. The van der Waals surface area contributed by atoms with Crippen LogP contribution in [0.1, 0.15) is 29.7 Å². The van der Waals surface area contributed by atoms with Gasteiger partial charge in [-0.2, -0.15) is 13.2 Å². The van der Waals surface area contributed by atoms with E-state index in [1.807, 2.05) is 18.2 Å². The van der Waals surface area contributed by atoms with Gasteiger partial charge in [-0.1, -0.05) is 24.3 Å². The molecule has 0 bridgehead atoms. The van der Waals surface area contributed by atoms with Crippen molar-refractivity contribution in [3.8, 4) is 22.5 Å². The van der Waals surface area contributed by atoms with Crippen molar-refractivity contribution in [2.24, 2.45) is 0 Å². The first-order valence-corrected chi connectivity index (χ1v) is 11.1. The van der Waals surface area contributed by atoms with E-state index in [9.17, 15) is 18.0 Å². The molecule has 2 aromatic heterocycles. The second-order valence-electron chi connectivity index (χ2n) is 8.59. The zero-order valence-electron chi connectivity index (χ0n) is 19.1. The number of benzene rings is 2. The fourth-order valence-electron chi connectivity index (χ4n) is 4.16. The van der Waals surface area contributed by atoms with Crippen LogP contribution in [0, 0.1) is 0 Å². The fraction of sp³-hybridized carbons (Fsp3) is 0.240. The first-order valence-electron chi connectivity index (χ1n) is 11.1. The van der Waals surface area contributed by atoms with Gasteiger partial charge in [-0.3, -0.25) is 9.78 Å². The van der Waals surface area contributed by atoms with Crippen LogP contribution in [0.3, 0.4) is 0 Å². The predicted octanol–water partition coefficient (Wildman–Crippen LogP) is 4.76. The maximum absolute atomic E-state index is 13.2. The molecule has 2 N–H and O–H groups in total. The van der Waals surface area contributed by atoms with E-state index in [0.29, 0.717) is 42.1 Å². The van der Waals surface area contributed by atoms with Crippen LogP contribution >= 0.6 is 0 Å². The summed E-state index contributed by atoms with van der Waals surface area (Å²) in [6.45, 7) is 0.394. The number of alkyl halides is 3. The van der Waals surface area contributed by atoms with Gasteiger partial charge >= 0.3 is 6.18 Å². The van der Waals surface area contributed by atoms with Gasteiger partial charge in [0.2, 0.25) is 5.91 Å². The van der Waals surface area contributed by atoms with E-state index in [1.54, 1.807) is 25.4 Å². The molecule has 8 nitrogen and oxygen atoms in total. The number of aromatic nitrogens is 5. The summed E-state index contributed by atoms with van der Waals surface area (Å²) < 4.78 is 43.9. The third kappa shape index (κ3) is 4.57. The summed E-state index contributed by atoms with van der Waals surface area (Å²) >= 11 is 0. The van der Waals surface area contributed by atoms with Crippen LogP contribution in [0.2, 0.25) is 0 Å². The smallest absolute Gasteiger partial charge is 0.378 e. The molecular weight excluding hydrogens is 473 g/mol. The van der Waals surface area contributed by atoms with Gasteiger partial charge in [0.15, 0.2) is 5.82 Å². The van der Waals surface area contributed by atoms with Crippen molar-refractivity contribution < 1.29 is 22.7 Å². The number of ether oxygens (including phenoxy) is 1. The zero-order chi connectivity index (χ0) is 25.3. The highest BCUT2D eigenvalue weighted by Crippen LogP contribution is 2.49. The van der Waals surface area contributed by atoms with E-state index in [1.165, 1.54) is 12.1 Å². The average molecular weight is 494 g/mol. The first kappa shape index (κ1) is 23.6. The second kappa shape index (κ2) is 9.15. The Balaban J connectivity index is 1.42. The maximum Gasteiger partial charge on any atom is 0.416 e. The summed E-state index contributed by atoms with van der Waals surface area (Å²) in [5.41, 5.74) is 2.54. The van der Waals surface area contributed by atoms with Gasteiger partial charge in [0.25, 0.3) is 0 Å². The van der Waals surface area contributed by atoms with E-state index < -0.39 is 17.2 Å². The van der Waals surface area contributed by atoms with Crippen molar-refractivity contribution in [1.82, 2.24) is 25.6 Å². The Kier molecular flexibility index (Phi) is 6.00. The number of halogens is 3. The summed E-state index contributed by atoms with van der Waals surface area (Å²) in [7, 11) is 1.60. The molecule has 184 valence electrons. The number of tetrazole rings is 1. The van der Waals surface area contributed by atoms with Crippen molar-refractivity contribution in [3.63, 3.8) is 0 Å². The molecule has 4 aromatic rings. The Labute approximate surface area is 203 Å². The number of methoxy groups -OCH3 is 1. The van der Waals surface area contributed by atoms with Gasteiger partial charge in [-0.05, 0) is 64.7 Å². The lowest BCUT2D eigenvalue weighted by atomic mass is 9.93. The lowest BCUT2D eigenvalue weighted by Gasteiger charge is -2.18. The summed E-state index contributed by atoms with van der Waals surface area (Å²) in [5.74, 6) is 0.133. The molecule has 2 aromatic carbocycles. The van der Waals surface area contributed by atoms with E-state index in [-0.39, 0.29) is 5.91 Å². The fourth-order valence-corrected chi connectivity index (χ4v) is 4.16. The normalized spacial score (nSPS) is 14.4. The summed E-state index contributed by atoms with van der Waals surface area (Å²) in [5, 5.41) is 17.0. The van der Waals surface area contributed by atoms with Crippen molar-refractivity contribution in [3.05, 3.63) is 77.6 Å². The molecule has 0 spiro atoms. The molecule has 0 atom stereocenters. The third-order valence-electron chi connectivity index (χ3n) is 6.26. The zero-order valence-corrected chi connectivity index (χ0v) is 19.1. The number of anilines is 1. The average Bonchev–Trinajstić information content (AvgIpc) is 3.51. The van der Waals surface area contributed by atoms with Crippen LogP contribution in [0.15, 0.2) is 60.8 Å². The number of carbonyl (C=O) groups is 1. The molecular formula is C25H21F3N6O2. The van der Waals surface area contributed by atoms with Gasteiger partial charge in [0, 0.05) is 30.1 Å². The molecule has 0 unspecified atom stereocenters. The van der Waals surface area contributed by atoms with Crippen molar-refractivity contribution >= 4 is 11.6 Å². The predicted molar refractivity (Wildman–Crippen MR) is 125 cm³/mol. The highest BCUT2D eigenvalue weighted by Gasteiger charge is 2.51. The molecule has 1 aliphatic carbocycles. The van der Waals surface area contributed by atoms with Crippen LogP contribution in [-0.4, -0.2) is 38.6 Å². The maximum atomic E-state index is 13.2. The number of aromatic amines is 1. The number of H-pyrrole nitrogens is 1. The summed E-state index contributed by atoms with van der Waals surface area (Å²) in [6, 6.07) is 13.9. The van der Waals surface area contributed by atoms with Crippen LogP contribution in [0.4, 0.5) is 18.9 Å². The van der Waals surface area contributed by atoms with Gasteiger partial charge in [0.05, 0.1) is 23.3 Å². The molecule has 1 fully saturated rings. The number of hydrogen-bond acceptors (Lipinski definition) is 6. The van der Waals surface area contributed by atoms with Gasteiger partial charge in [0.1, 0.15) is 0 Å². The minimum Gasteiger partial charge on any atom is -0.378 e. The Bertz CT molecular complexity index is 1370. The van der Waals surface area contributed by atoms with Gasteiger partial charge in [-0.15, -0.1) is 5.10 Å². The quantitative estimate of drug-likeness (QED) is 0.384. The Hall–Kier alpha value is -4.12. The number of hydrogen-bond donors (Lipinski definition) is 2. The monoisotopic (exact) mass is 494 g/mol. The van der Waals surface area contributed by atoms with Gasteiger partial charge in [-0.25, -0.2) is 5.10 Å². The first-order chi connectivity index (χ1) is 17.3. The van der Waals surface area contributed by atoms with Crippen LogP contribution < -0.4 is 5.32 Å². The number of nitrogens with zero attached hydrogens (tertiary/aromatic N) is 4. The second-order valence-corrected chi connectivity index (χ2v) is 8.59. The molecule has 36 heavy (non-hydrogen) atoms. The minimum atomic E-state index is -4.43. The molecule has 0 radical (unpaired) electrons. The number of amides is 1. The van der Waals surface area contributed by atoms with Gasteiger partial charge < -0.3 is 10.1 Å². The standard InChI is InChI=1S/C25H21F3N6O2/c1-36-14-19-7-2-15(13-29-19)20-9-8-18(12-21(20)22-31-33-34-32-22)30-23(35)24(10-11-24)16-3-5-17(6-4-16)25(26,27)28/h2-9,12-13H,10-11,14H2,1H3,(H,30,35)(H,31,32,33,34). The SMILES string of the molecule is COCc1ccc(-c2ccc(NC(=O)C3(c4ccc(C(F)(F)F)cc4)CC3)cc2-c2nnn[nH]2)cn1. The number of nitrogens with one attached hydrogen (secondary N) is 2. The Morgan fingerprint density at radius 1 is 1.08 bits per heavy atom. The molecule has 0 saturated heterocycles. The lowest BCUT2D eigenvalue weighted by molar-refractivity contribution is -0.137. The summed E-state index contributed by atoms with van der Waals surface area (Å²) in [4.78, 5) is 17.6. The van der Waals surface area contributed by atoms with Crippen molar-refractivity contribution in [1.29, 1.82) is 0 Å². The van der Waals surface area contributed by atoms with E-state index in [2.05, 4.69) is 30.9 Å². The van der Waals surface area contributed by atoms with Crippen LogP contribution in [0.5, 0.6) is 0 Å². The van der Waals surface area contributed by atoms with E-state index >= 15 is 0 Å². The Morgan fingerprint density at radius 2 is 1.86 bits per heavy atom. The van der Waals surface area contributed by atoms with E-state index in [0.717, 1.165) is 29.0 Å². The molecule has 0 aliphatic heterocycles. The summed E-state index contributed by atoms with van der Waals surface area (Å²) in [6.07, 6.45) is -1.59. The van der Waals surface area contributed by atoms with Crippen LogP contribution in [0.25, 0.3) is 22.5 Å². The lowest BCUT2D eigenvalue weighted by Crippen LogP contribution is -2.28. The highest BCUT2D eigenvalue weighted by molar-refractivity contribution is 6.02. The van der Waals surface area contributed by atoms with Crippen molar-refractivity contribution in [2.75, 3.05) is 12.4 Å². The largest absolute Gasteiger partial charge is 0.416 e. The third-order valence-corrected chi connectivity index (χ3v) is 6.26. The molecule has 1 saturated carbocycles. The molecule has 5 rings (SSSR count). The molecule has 2 heterocycles. The highest BCUT2D eigenvalue weighted by atomic mass is 19.4. The molecule has 11 heteroatoms. The van der Waals surface area contributed by atoms with Crippen LogP contribution in [-0.2, 0) is 27.7 Å².